The Hall–Kier alpha value is -3.03. The first kappa shape index (κ1) is 13.4. The van der Waals surface area contributed by atoms with E-state index >= 15 is 0 Å². The van der Waals surface area contributed by atoms with E-state index in [1.807, 2.05) is 0 Å². The minimum absolute atomic E-state index is 0.0298. The van der Waals surface area contributed by atoms with Gasteiger partial charge in [0.1, 0.15) is 11.5 Å². The molecule has 0 aliphatic heterocycles. The topological polar surface area (TPSA) is 124 Å². The van der Waals surface area contributed by atoms with Crippen LogP contribution in [0.4, 0.5) is 11.5 Å². The fourth-order valence-corrected chi connectivity index (χ4v) is 1.56. The molecule has 0 unspecified atom stereocenters. The standard InChI is InChI=1S/C12H11N5O3/c13-11-7-14-9(6-15-11)12(18)16-5-8-3-1-2-4-10(8)17(19)20/h1-4,6-7H,5H2,(H2,13,15)(H,16,18). The molecular weight excluding hydrogens is 262 g/mol. The molecule has 2 aromatic rings. The highest BCUT2D eigenvalue weighted by molar-refractivity contribution is 5.92. The first-order valence-corrected chi connectivity index (χ1v) is 5.66. The van der Waals surface area contributed by atoms with E-state index in [0.717, 1.165) is 0 Å². The molecule has 1 amide bonds. The van der Waals surface area contributed by atoms with Crippen molar-refractivity contribution in [3.05, 3.63) is 58.0 Å². The molecule has 1 heterocycles. The van der Waals surface area contributed by atoms with Crippen molar-refractivity contribution in [1.82, 2.24) is 15.3 Å². The number of nitrogen functional groups attached to an aromatic ring is 1. The van der Waals surface area contributed by atoms with E-state index in [4.69, 9.17) is 5.73 Å². The number of aromatic nitrogens is 2. The Labute approximate surface area is 113 Å². The second kappa shape index (κ2) is 5.74. The second-order valence-electron chi connectivity index (χ2n) is 3.90. The fourth-order valence-electron chi connectivity index (χ4n) is 1.56. The van der Waals surface area contributed by atoms with E-state index in [0.29, 0.717) is 5.56 Å². The monoisotopic (exact) mass is 273 g/mol. The van der Waals surface area contributed by atoms with Gasteiger partial charge in [0.25, 0.3) is 11.6 Å². The van der Waals surface area contributed by atoms with Crippen LogP contribution in [0.25, 0.3) is 0 Å². The van der Waals surface area contributed by atoms with E-state index in [1.54, 1.807) is 18.2 Å². The molecule has 0 radical (unpaired) electrons. The molecule has 102 valence electrons. The van der Waals surface area contributed by atoms with Crippen molar-refractivity contribution in [2.75, 3.05) is 5.73 Å². The Morgan fingerprint density at radius 1 is 1.30 bits per heavy atom. The zero-order valence-corrected chi connectivity index (χ0v) is 10.3. The minimum Gasteiger partial charge on any atom is -0.382 e. The van der Waals surface area contributed by atoms with Gasteiger partial charge in [-0.2, -0.15) is 0 Å². The van der Waals surface area contributed by atoms with E-state index in [1.165, 1.54) is 18.5 Å². The first-order chi connectivity index (χ1) is 9.58. The number of nitrogens with two attached hydrogens (primary N) is 1. The Kier molecular flexibility index (Phi) is 3.85. The van der Waals surface area contributed by atoms with Gasteiger partial charge in [0.2, 0.25) is 0 Å². The van der Waals surface area contributed by atoms with Crippen LogP contribution in [0.1, 0.15) is 16.1 Å². The van der Waals surface area contributed by atoms with Crippen molar-refractivity contribution in [2.45, 2.75) is 6.54 Å². The Bertz CT molecular complexity index is 642. The molecule has 3 N–H and O–H groups in total. The molecule has 2 rings (SSSR count). The molecule has 0 spiro atoms. The summed E-state index contributed by atoms with van der Waals surface area (Å²) in [5.74, 6) is -0.268. The molecule has 20 heavy (non-hydrogen) atoms. The van der Waals surface area contributed by atoms with Gasteiger partial charge < -0.3 is 11.1 Å². The van der Waals surface area contributed by atoms with Crippen LogP contribution >= 0.6 is 0 Å². The van der Waals surface area contributed by atoms with Crippen molar-refractivity contribution in [3.63, 3.8) is 0 Å². The summed E-state index contributed by atoms with van der Waals surface area (Å²) in [5, 5.41) is 13.4. The van der Waals surface area contributed by atoms with Crippen molar-refractivity contribution in [1.29, 1.82) is 0 Å². The number of nitro groups is 1. The third-order valence-corrected chi connectivity index (χ3v) is 2.53. The molecule has 1 aromatic heterocycles. The van der Waals surface area contributed by atoms with Gasteiger partial charge in [-0.3, -0.25) is 14.9 Å². The second-order valence-corrected chi connectivity index (χ2v) is 3.90. The number of nitro benzene ring substituents is 1. The average Bonchev–Trinajstić information content (AvgIpc) is 2.45. The fraction of sp³-hybridized carbons (Fsp3) is 0.0833. The molecule has 0 bridgehead atoms. The van der Waals surface area contributed by atoms with Crippen molar-refractivity contribution in [2.24, 2.45) is 0 Å². The Morgan fingerprint density at radius 2 is 2.05 bits per heavy atom. The molecular formula is C12H11N5O3. The smallest absolute Gasteiger partial charge is 0.274 e. The summed E-state index contributed by atoms with van der Waals surface area (Å²) < 4.78 is 0. The van der Waals surface area contributed by atoms with Crippen LogP contribution in [0.3, 0.4) is 0 Å². The highest BCUT2D eigenvalue weighted by Gasteiger charge is 2.14. The highest BCUT2D eigenvalue weighted by atomic mass is 16.6. The normalized spacial score (nSPS) is 10.0. The van der Waals surface area contributed by atoms with Crippen LogP contribution in [0.15, 0.2) is 36.7 Å². The number of hydrogen-bond donors (Lipinski definition) is 2. The number of carbonyl (C=O) groups excluding carboxylic acids is 1. The van der Waals surface area contributed by atoms with Crippen LogP contribution in [0, 0.1) is 10.1 Å². The van der Waals surface area contributed by atoms with E-state index in [-0.39, 0.29) is 23.7 Å². The summed E-state index contributed by atoms with van der Waals surface area (Å²) in [7, 11) is 0. The summed E-state index contributed by atoms with van der Waals surface area (Å²) >= 11 is 0. The predicted octanol–water partition coefficient (Wildman–Crippen LogP) is 0.897. The number of anilines is 1. The number of amides is 1. The van der Waals surface area contributed by atoms with Gasteiger partial charge in [0, 0.05) is 18.2 Å². The molecule has 8 nitrogen and oxygen atoms in total. The lowest BCUT2D eigenvalue weighted by atomic mass is 10.2. The quantitative estimate of drug-likeness (QED) is 0.629. The van der Waals surface area contributed by atoms with Gasteiger partial charge in [-0.1, -0.05) is 18.2 Å². The summed E-state index contributed by atoms with van der Waals surface area (Å²) in [5.41, 5.74) is 5.83. The summed E-state index contributed by atoms with van der Waals surface area (Å²) in [6.45, 7) is 0.0298. The lowest BCUT2D eigenvalue weighted by Crippen LogP contribution is -2.24. The molecule has 1 aromatic carbocycles. The zero-order valence-electron chi connectivity index (χ0n) is 10.3. The third kappa shape index (κ3) is 3.05. The summed E-state index contributed by atoms with van der Waals surface area (Å²) in [4.78, 5) is 29.7. The largest absolute Gasteiger partial charge is 0.382 e. The summed E-state index contributed by atoms with van der Waals surface area (Å²) in [6.07, 6.45) is 2.50. The molecule has 0 aliphatic carbocycles. The van der Waals surface area contributed by atoms with Gasteiger partial charge in [-0.25, -0.2) is 9.97 Å². The lowest BCUT2D eigenvalue weighted by Gasteiger charge is -2.05. The van der Waals surface area contributed by atoms with Crippen molar-refractivity contribution < 1.29 is 9.72 Å². The number of nitrogens with one attached hydrogen (secondary N) is 1. The van der Waals surface area contributed by atoms with E-state index in [2.05, 4.69) is 15.3 Å². The number of rotatable bonds is 4. The molecule has 0 aliphatic rings. The Morgan fingerprint density at radius 3 is 2.70 bits per heavy atom. The number of nitrogens with zero attached hydrogens (tertiary/aromatic N) is 3. The number of hydrogen-bond acceptors (Lipinski definition) is 6. The van der Waals surface area contributed by atoms with Crippen LogP contribution in [-0.4, -0.2) is 20.8 Å². The van der Waals surface area contributed by atoms with Gasteiger partial charge in [-0.05, 0) is 0 Å². The van der Waals surface area contributed by atoms with Crippen LogP contribution in [-0.2, 0) is 6.54 Å². The SMILES string of the molecule is Nc1cnc(C(=O)NCc2ccccc2[N+](=O)[O-])cn1. The highest BCUT2D eigenvalue weighted by Crippen LogP contribution is 2.17. The predicted molar refractivity (Wildman–Crippen MR) is 70.7 cm³/mol. The summed E-state index contributed by atoms with van der Waals surface area (Å²) in [6, 6.07) is 6.18. The van der Waals surface area contributed by atoms with Crippen molar-refractivity contribution >= 4 is 17.4 Å². The average molecular weight is 273 g/mol. The van der Waals surface area contributed by atoms with E-state index in [9.17, 15) is 14.9 Å². The molecule has 0 fully saturated rings. The lowest BCUT2D eigenvalue weighted by molar-refractivity contribution is -0.385. The van der Waals surface area contributed by atoms with Gasteiger partial charge >= 0.3 is 0 Å². The number of benzene rings is 1. The molecule has 8 heteroatoms. The molecule has 0 atom stereocenters. The minimum atomic E-state index is -0.496. The van der Waals surface area contributed by atoms with E-state index < -0.39 is 10.8 Å². The number of para-hydroxylation sites is 1. The van der Waals surface area contributed by atoms with Crippen LogP contribution in [0.5, 0.6) is 0 Å². The number of carbonyl (C=O) groups is 1. The first-order valence-electron chi connectivity index (χ1n) is 5.66. The van der Waals surface area contributed by atoms with Gasteiger partial charge in [-0.15, -0.1) is 0 Å². The maximum Gasteiger partial charge on any atom is 0.274 e. The molecule has 0 saturated carbocycles. The third-order valence-electron chi connectivity index (χ3n) is 2.53. The van der Waals surface area contributed by atoms with Crippen LogP contribution in [0.2, 0.25) is 0 Å². The maximum absolute atomic E-state index is 11.8. The van der Waals surface area contributed by atoms with Gasteiger partial charge in [0.15, 0.2) is 0 Å². The Balaban J connectivity index is 2.07. The van der Waals surface area contributed by atoms with Crippen LogP contribution < -0.4 is 11.1 Å². The molecule has 0 saturated heterocycles. The van der Waals surface area contributed by atoms with Crippen molar-refractivity contribution in [3.8, 4) is 0 Å². The van der Waals surface area contributed by atoms with Gasteiger partial charge in [0.05, 0.1) is 17.3 Å². The zero-order chi connectivity index (χ0) is 14.5. The maximum atomic E-state index is 11.8.